The van der Waals surface area contributed by atoms with Gasteiger partial charge in [0, 0.05) is 10.0 Å². The fraction of sp³-hybridized carbons (Fsp3) is 0. The summed E-state index contributed by atoms with van der Waals surface area (Å²) in [6.45, 7) is 0. The van der Waals surface area contributed by atoms with E-state index < -0.39 is 5.97 Å². The van der Waals surface area contributed by atoms with E-state index in [4.69, 9.17) is 5.11 Å². The maximum atomic E-state index is 10.6. The first kappa shape index (κ1) is 9.92. The molecule has 0 aliphatic carbocycles. The molecular formula is C10H7BrN2O2. The van der Waals surface area contributed by atoms with E-state index >= 15 is 0 Å². The average Bonchev–Trinajstić information content (AvgIpc) is 2.67. The van der Waals surface area contributed by atoms with Gasteiger partial charge in [0.2, 0.25) is 0 Å². The third-order valence-electron chi connectivity index (χ3n) is 1.96. The van der Waals surface area contributed by atoms with Gasteiger partial charge in [0.15, 0.2) is 0 Å². The number of halogens is 1. The lowest BCUT2D eigenvalue weighted by atomic mass is 10.1. The van der Waals surface area contributed by atoms with Crippen molar-refractivity contribution in [3.05, 3.63) is 40.5 Å². The van der Waals surface area contributed by atoms with E-state index in [9.17, 15) is 4.79 Å². The Labute approximate surface area is 94.1 Å². The lowest BCUT2D eigenvalue weighted by Gasteiger charge is -1.98. The maximum absolute atomic E-state index is 10.6. The first-order valence-corrected chi connectivity index (χ1v) is 5.01. The molecule has 2 rings (SSSR count). The second-order valence-electron chi connectivity index (χ2n) is 2.95. The van der Waals surface area contributed by atoms with E-state index in [1.54, 1.807) is 0 Å². The number of aromatic amines is 1. The first-order valence-electron chi connectivity index (χ1n) is 4.22. The van der Waals surface area contributed by atoms with Crippen LogP contribution in [0.4, 0.5) is 0 Å². The number of H-pyrrole nitrogens is 1. The molecule has 2 aromatic rings. The molecule has 0 radical (unpaired) electrons. The van der Waals surface area contributed by atoms with Crippen LogP contribution in [0.1, 0.15) is 10.5 Å². The summed E-state index contributed by atoms with van der Waals surface area (Å²) in [7, 11) is 0. The Hall–Kier alpha value is -1.62. The fourth-order valence-corrected chi connectivity index (χ4v) is 1.73. The van der Waals surface area contributed by atoms with E-state index in [1.807, 2.05) is 24.3 Å². The van der Waals surface area contributed by atoms with Crippen molar-refractivity contribution < 1.29 is 9.90 Å². The Balaban J connectivity index is 2.46. The molecule has 1 aromatic carbocycles. The van der Waals surface area contributed by atoms with Crippen LogP contribution in [-0.2, 0) is 0 Å². The minimum atomic E-state index is -1.01. The predicted molar refractivity (Wildman–Crippen MR) is 58.7 cm³/mol. The van der Waals surface area contributed by atoms with Crippen molar-refractivity contribution in [3.8, 4) is 11.3 Å². The number of aromatic nitrogens is 2. The van der Waals surface area contributed by atoms with Crippen LogP contribution < -0.4 is 0 Å². The topological polar surface area (TPSA) is 66.0 Å². The quantitative estimate of drug-likeness (QED) is 0.878. The number of rotatable bonds is 2. The van der Waals surface area contributed by atoms with Crippen molar-refractivity contribution in [1.82, 2.24) is 10.2 Å². The Kier molecular flexibility index (Phi) is 2.55. The summed E-state index contributed by atoms with van der Waals surface area (Å²) in [4.78, 5) is 10.6. The third kappa shape index (κ3) is 1.92. The molecular weight excluding hydrogens is 260 g/mol. The molecule has 15 heavy (non-hydrogen) atoms. The summed E-state index contributed by atoms with van der Waals surface area (Å²) in [5, 5.41) is 15.1. The minimum absolute atomic E-state index is 0.0840. The van der Waals surface area contributed by atoms with Gasteiger partial charge in [0.1, 0.15) is 5.69 Å². The van der Waals surface area contributed by atoms with Crippen molar-refractivity contribution in [2.45, 2.75) is 0 Å². The molecule has 0 amide bonds. The zero-order valence-corrected chi connectivity index (χ0v) is 9.15. The van der Waals surface area contributed by atoms with Crippen molar-refractivity contribution in [2.75, 3.05) is 0 Å². The molecule has 1 aromatic heterocycles. The van der Waals surface area contributed by atoms with Crippen LogP contribution in [0.15, 0.2) is 34.8 Å². The molecule has 0 spiro atoms. The highest BCUT2D eigenvalue weighted by Gasteiger charge is 2.10. The Bertz CT molecular complexity index is 508. The van der Waals surface area contributed by atoms with E-state index in [-0.39, 0.29) is 5.69 Å². The van der Waals surface area contributed by atoms with Gasteiger partial charge < -0.3 is 5.11 Å². The second kappa shape index (κ2) is 3.86. The van der Waals surface area contributed by atoms with Crippen LogP contribution in [0.5, 0.6) is 0 Å². The van der Waals surface area contributed by atoms with Gasteiger partial charge in [-0.3, -0.25) is 5.10 Å². The summed E-state index contributed by atoms with van der Waals surface area (Å²) >= 11 is 3.38. The van der Waals surface area contributed by atoms with Crippen LogP contribution in [0.2, 0.25) is 0 Å². The van der Waals surface area contributed by atoms with Crippen LogP contribution in [0, 0.1) is 0 Å². The number of hydrogen-bond donors (Lipinski definition) is 2. The van der Waals surface area contributed by atoms with Gasteiger partial charge in [-0.2, -0.15) is 5.10 Å². The smallest absolute Gasteiger partial charge is 0.353 e. The summed E-state index contributed by atoms with van der Waals surface area (Å²) < 4.78 is 0.883. The molecule has 0 saturated carbocycles. The molecule has 5 heteroatoms. The van der Waals surface area contributed by atoms with Crippen LogP contribution in [0.3, 0.4) is 0 Å². The molecule has 4 nitrogen and oxygen atoms in total. The highest BCUT2D eigenvalue weighted by Crippen LogP contribution is 2.26. The van der Waals surface area contributed by atoms with E-state index in [2.05, 4.69) is 26.1 Å². The van der Waals surface area contributed by atoms with Gasteiger partial charge in [-0.25, -0.2) is 4.79 Å². The van der Waals surface area contributed by atoms with E-state index in [0.29, 0.717) is 5.69 Å². The van der Waals surface area contributed by atoms with Crippen LogP contribution in [0.25, 0.3) is 11.3 Å². The molecule has 0 bridgehead atoms. The summed E-state index contributed by atoms with van der Waals surface area (Å²) in [6, 6.07) is 9.01. The van der Waals surface area contributed by atoms with Gasteiger partial charge in [-0.05, 0) is 12.1 Å². The Morgan fingerprint density at radius 3 is 2.73 bits per heavy atom. The molecule has 0 saturated heterocycles. The zero-order valence-electron chi connectivity index (χ0n) is 7.57. The molecule has 0 fully saturated rings. The van der Waals surface area contributed by atoms with E-state index in [1.165, 1.54) is 6.07 Å². The average molecular weight is 267 g/mol. The largest absolute Gasteiger partial charge is 0.477 e. The van der Waals surface area contributed by atoms with Crippen molar-refractivity contribution in [2.24, 2.45) is 0 Å². The van der Waals surface area contributed by atoms with Crippen molar-refractivity contribution >= 4 is 21.9 Å². The number of benzene rings is 1. The second-order valence-corrected chi connectivity index (χ2v) is 3.81. The SMILES string of the molecule is O=C(O)c1cc(-c2ccccc2Br)n[nH]1. The molecule has 1 heterocycles. The number of carboxylic acids is 1. The number of carboxylic acid groups (broad SMARTS) is 1. The van der Waals surface area contributed by atoms with Gasteiger partial charge in [-0.1, -0.05) is 34.1 Å². The molecule has 0 aliphatic rings. The lowest BCUT2D eigenvalue weighted by molar-refractivity contribution is 0.0690. The number of hydrogen-bond acceptors (Lipinski definition) is 2. The van der Waals surface area contributed by atoms with Gasteiger partial charge >= 0.3 is 5.97 Å². The summed E-state index contributed by atoms with van der Waals surface area (Å²) in [6.07, 6.45) is 0. The number of nitrogens with one attached hydrogen (secondary N) is 1. The minimum Gasteiger partial charge on any atom is -0.477 e. The third-order valence-corrected chi connectivity index (χ3v) is 2.65. The highest BCUT2D eigenvalue weighted by molar-refractivity contribution is 9.10. The van der Waals surface area contributed by atoms with Crippen LogP contribution in [-0.4, -0.2) is 21.3 Å². The van der Waals surface area contributed by atoms with Crippen LogP contribution >= 0.6 is 15.9 Å². The zero-order chi connectivity index (χ0) is 10.8. The highest BCUT2D eigenvalue weighted by atomic mass is 79.9. The number of aromatic carboxylic acids is 1. The Morgan fingerprint density at radius 2 is 2.13 bits per heavy atom. The van der Waals surface area contributed by atoms with Gasteiger partial charge in [0.25, 0.3) is 0 Å². The molecule has 0 atom stereocenters. The fourth-order valence-electron chi connectivity index (χ4n) is 1.24. The van der Waals surface area contributed by atoms with Gasteiger partial charge in [-0.15, -0.1) is 0 Å². The maximum Gasteiger partial charge on any atom is 0.353 e. The summed E-state index contributed by atoms with van der Waals surface area (Å²) in [5.74, 6) is -1.01. The normalized spacial score (nSPS) is 10.2. The number of nitrogens with zero attached hydrogens (tertiary/aromatic N) is 1. The molecule has 2 N–H and O–H groups in total. The van der Waals surface area contributed by atoms with Gasteiger partial charge in [0.05, 0.1) is 5.69 Å². The monoisotopic (exact) mass is 266 g/mol. The van der Waals surface area contributed by atoms with E-state index in [0.717, 1.165) is 10.0 Å². The first-order chi connectivity index (χ1) is 7.18. The number of carbonyl (C=O) groups is 1. The standard InChI is InChI=1S/C10H7BrN2O2/c11-7-4-2-1-3-6(7)8-5-9(10(14)15)13-12-8/h1-5H,(H,12,13)(H,14,15). The van der Waals surface area contributed by atoms with Crippen molar-refractivity contribution in [3.63, 3.8) is 0 Å². The Morgan fingerprint density at radius 1 is 1.40 bits per heavy atom. The van der Waals surface area contributed by atoms with Crippen molar-refractivity contribution in [1.29, 1.82) is 0 Å². The lowest BCUT2D eigenvalue weighted by Crippen LogP contribution is -1.95. The summed E-state index contributed by atoms with van der Waals surface area (Å²) in [5.41, 5.74) is 1.56. The molecule has 0 aliphatic heterocycles. The molecule has 76 valence electrons. The molecule has 0 unspecified atom stereocenters. The predicted octanol–water partition coefficient (Wildman–Crippen LogP) is 2.54.